The topological polar surface area (TPSA) is 85.1 Å². The number of hydrogen-bond donors (Lipinski definition) is 3. The molecule has 7 heteroatoms. The fourth-order valence-corrected chi connectivity index (χ4v) is 2.13. The van der Waals surface area contributed by atoms with E-state index in [1.54, 1.807) is 7.11 Å². The number of methoxy groups -OCH3 is 1. The lowest BCUT2D eigenvalue weighted by atomic mass is 10.2. The van der Waals surface area contributed by atoms with E-state index in [-0.39, 0.29) is 0 Å². The van der Waals surface area contributed by atoms with Crippen LogP contribution in [0.4, 0.5) is 17.3 Å². The zero-order valence-electron chi connectivity index (χ0n) is 10.6. The number of nitrogen functional groups attached to an aromatic ring is 1. The van der Waals surface area contributed by atoms with Gasteiger partial charge in [-0.1, -0.05) is 15.9 Å². The minimum Gasteiger partial charge on any atom is -0.490 e. The Hall–Kier alpha value is -1.86. The van der Waals surface area contributed by atoms with Gasteiger partial charge in [-0.15, -0.1) is 0 Å². The summed E-state index contributed by atoms with van der Waals surface area (Å²) in [6.45, 7) is 2.00. The van der Waals surface area contributed by atoms with Crippen molar-refractivity contribution in [1.82, 2.24) is 9.97 Å². The number of nitrogens with one attached hydrogen (secondary N) is 2. The summed E-state index contributed by atoms with van der Waals surface area (Å²) >= 11 is 3.43. The molecular weight excluding hydrogens is 310 g/mol. The van der Waals surface area contributed by atoms with E-state index in [9.17, 15) is 0 Å². The number of hydrazine groups is 1. The van der Waals surface area contributed by atoms with Crippen molar-refractivity contribution in [2.24, 2.45) is 5.84 Å². The van der Waals surface area contributed by atoms with Crippen molar-refractivity contribution >= 4 is 33.3 Å². The van der Waals surface area contributed by atoms with Gasteiger partial charge >= 0.3 is 0 Å². The van der Waals surface area contributed by atoms with E-state index >= 15 is 0 Å². The molecule has 19 heavy (non-hydrogen) atoms. The van der Waals surface area contributed by atoms with Crippen molar-refractivity contribution in [3.63, 3.8) is 0 Å². The number of aryl methyl sites for hydroxylation is 1. The zero-order valence-corrected chi connectivity index (χ0v) is 12.2. The van der Waals surface area contributed by atoms with Crippen molar-refractivity contribution < 1.29 is 4.74 Å². The molecule has 0 bridgehead atoms. The molecule has 6 nitrogen and oxygen atoms in total. The van der Waals surface area contributed by atoms with Crippen molar-refractivity contribution in [3.8, 4) is 5.75 Å². The lowest BCUT2D eigenvalue weighted by Gasteiger charge is -2.14. The number of rotatable bonds is 4. The molecule has 4 N–H and O–H groups in total. The fraction of sp³-hybridized carbons (Fsp3) is 0.167. The Kier molecular flexibility index (Phi) is 4.18. The van der Waals surface area contributed by atoms with Crippen LogP contribution in [0.15, 0.2) is 29.0 Å². The second kappa shape index (κ2) is 5.85. The van der Waals surface area contributed by atoms with Crippen molar-refractivity contribution in [2.75, 3.05) is 17.9 Å². The van der Waals surface area contributed by atoms with E-state index in [4.69, 9.17) is 10.6 Å². The van der Waals surface area contributed by atoms with E-state index in [2.05, 4.69) is 36.6 Å². The SMILES string of the molecule is COc1c(NN)ncnc1Nc1ccc(Br)cc1C. The molecule has 0 aliphatic carbocycles. The first-order valence-corrected chi connectivity index (χ1v) is 6.33. The standard InChI is InChI=1S/C12H14BrN5O/c1-7-5-8(13)3-4-9(7)17-11-10(19-2)12(18-14)16-6-15-11/h3-6H,14H2,1-2H3,(H2,15,16,17,18). The smallest absolute Gasteiger partial charge is 0.205 e. The van der Waals surface area contributed by atoms with Crippen LogP contribution in [0, 0.1) is 6.92 Å². The molecule has 0 unspecified atom stereocenters. The normalized spacial score (nSPS) is 10.1. The molecular formula is C12H14BrN5O. The monoisotopic (exact) mass is 323 g/mol. The summed E-state index contributed by atoms with van der Waals surface area (Å²) in [5.74, 6) is 6.83. The molecule has 0 fully saturated rings. The van der Waals surface area contributed by atoms with Gasteiger partial charge in [0.15, 0.2) is 11.6 Å². The van der Waals surface area contributed by atoms with E-state index in [1.165, 1.54) is 6.33 Å². The molecule has 0 radical (unpaired) electrons. The molecule has 0 saturated carbocycles. The summed E-state index contributed by atoms with van der Waals surface area (Å²) in [7, 11) is 1.54. The van der Waals surface area contributed by atoms with E-state index < -0.39 is 0 Å². The molecule has 100 valence electrons. The lowest BCUT2D eigenvalue weighted by Crippen LogP contribution is -2.11. The van der Waals surface area contributed by atoms with Gasteiger partial charge < -0.3 is 15.5 Å². The zero-order chi connectivity index (χ0) is 13.8. The first-order chi connectivity index (χ1) is 9.15. The average molecular weight is 324 g/mol. The maximum absolute atomic E-state index is 5.38. The lowest BCUT2D eigenvalue weighted by molar-refractivity contribution is 0.415. The molecule has 0 spiro atoms. The molecule has 2 aromatic rings. The van der Waals surface area contributed by atoms with Gasteiger partial charge in [-0.05, 0) is 30.7 Å². The second-order valence-corrected chi connectivity index (χ2v) is 4.75. The molecule has 2 rings (SSSR count). The number of hydrogen-bond acceptors (Lipinski definition) is 6. The Labute approximate surface area is 119 Å². The van der Waals surface area contributed by atoms with Crippen LogP contribution in [0.2, 0.25) is 0 Å². The first kappa shape index (κ1) is 13.6. The summed E-state index contributed by atoms with van der Waals surface area (Å²) in [5, 5.41) is 3.20. The van der Waals surface area contributed by atoms with Gasteiger partial charge in [-0.2, -0.15) is 0 Å². The fourth-order valence-electron chi connectivity index (χ4n) is 1.65. The quantitative estimate of drug-likeness (QED) is 0.592. The Morgan fingerprint density at radius 3 is 2.63 bits per heavy atom. The average Bonchev–Trinajstić information content (AvgIpc) is 2.41. The Morgan fingerprint density at radius 2 is 2.00 bits per heavy atom. The van der Waals surface area contributed by atoms with Crippen LogP contribution in [-0.2, 0) is 0 Å². The van der Waals surface area contributed by atoms with Crippen LogP contribution in [0.3, 0.4) is 0 Å². The molecule has 1 aromatic carbocycles. The van der Waals surface area contributed by atoms with Crippen LogP contribution < -0.4 is 21.3 Å². The van der Waals surface area contributed by atoms with Crippen LogP contribution in [-0.4, -0.2) is 17.1 Å². The van der Waals surface area contributed by atoms with Gasteiger partial charge in [0.1, 0.15) is 6.33 Å². The highest BCUT2D eigenvalue weighted by molar-refractivity contribution is 9.10. The van der Waals surface area contributed by atoms with Gasteiger partial charge in [0.05, 0.1) is 7.11 Å². The highest BCUT2D eigenvalue weighted by Gasteiger charge is 2.12. The summed E-state index contributed by atoms with van der Waals surface area (Å²) in [6.07, 6.45) is 1.41. The highest BCUT2D eigenvalue weighted by Crippen LogP contribution is 2.32. The third-order valence-corrected chi connectivity index (χ3v) is 3.08. The van der Waals surface area contributed by atoms with Gasteiger partial charge in [0.25, 0.3) is 0 Å². The maximum Gasteiger partial charge on any atom is 0.205 e. The molecule has 0 amide bonds. The minimum atomic E-state index is 0.426. The highest BCUT2D eigenvalue weighted by atomic mass is 79.9. The van der Waals surface area contributed by atoms with Crippen molar-refractivity contribution in [2.45, 2.75) is 6.92 Å². The number of ether oxygens (including phenoxy) is 1. The molecule has 0 atom stereocenters. The number of nitrogens with two attached hydrogens (primary N) is 1. The van der Waals surface area contributed by atoms with Gasteiger partial charge in [0.2, 0.25) is 5.75 Å². The predicted octanol–water partition coefficient (Wildman–Crippen LogP) is 2.59. The number of nitrogens with zero attached hydrogens (tertiary/aromatic N) is 2. The number of anilines is 3. The maximum atomic E-state index is 5.38. The van der Waals surface area contributed by atoms with Crippen LogP contribution in [0.25, 0.3) is 0 Å². The summed E-state index contributed by atoms with van der Waals surface area (Å²) < 4.78 is 6.29. The van der Waals surface area contributed by atoms with Gasteiger partial charge in [-0.25, -0.2) is 15.8 Å². The Bertz CT molecular complexity index is 590. The molecule has 0 aliphatic rings. The number of benzene rings is 1. The first-order valence-electron chi connectivity index (χ1n) is 5.54. The van der Waals surface area contributed by atoms with Crippen LogP contribution in [0.1, 0.15) is 5.56 Å². The van der Waals surface area contributed by atoms with E-state index in [1.807, 2.05) is 25.1 Å². The number of aromatic nitrogens is 2. The van der Waals surface area contributed by atoms with Crippen LogP contribution >= 0.6 is 15.9 Å². The Balaban J connectivity index is 2.37. The van der Waals surface area contributed by atoms with Gasteiger partial charge in [0, 0.05) is 10.2 Å². The minimum absolute atomic E-state index is 0.426. The van der Waals surface area contributed by atoms with Gasteiger partial charge in [-0.3, -0.25) is 0 Å². The van der Waals surface area contributed by atoms with Crippen LogP contribution in [0.5, 0.6) is 5.75 Å². The summed E-state index contributed by atoms with van der Waals surface area (Å²) in [4.78, 5) is 8.15. The third kappa shape index (κ3) is 2.94. The van der Waals surface area contributed by atoms with Crippen molar-refractivity contribution in [1.29, 1.82) is 0 Å². The Morgan fingerprint density at radius 1 is 1.26 bits per heavy atom. The largest absolute Gasteiger partial charge is 0.490 e. The molecule has 0 saturated heterocycles. The molecule has 1 heterocycles. The molecule has 1 aromatic heterocycles. The summed E-state index contributed by atoms with van der Waals surface area (Å²) in [5.41, 5.74) is 4.49. The second-order valence-electron chi connectivity index (χ2n) is 3.83. The molecule has 0 aliphatic heterocycles. The predicted molar refractivity (Wildman–Crippen MR) is 78.6 cm³/mol. The van der Waals surface area contributed by atoms with E-state index in [0.29, 0.717) is 17.4 Å². The van der Waals surface area contributed by atoms with Crippen molar-refractivity contribution in [3.05, 3.63) is 34.6 Å². The number of halogens is 1. The van der Waals surface area contributed by atoms with E-state index in [0.717, 1.165) is 15.7 Å². The summed E-state index contributed by atoms with van der Waals surface area (Å²) in [6, 6.07) is 5.92. The third-order valence-electron chi connectivity index (χ3n) is 2.59.